The molecule has 2 heterocycles. The highest BCUT2D eigenvalue weighted by Gasteiger charge is 2.35. The number of benzene rings is 2. The number of hydrogen-bond donors (Lipinski definition) is 3. The fraction of sp³-hybridized carbons (Fsp3) is 0.240. The van der Waals surface area contributed by atoms with Crippen molar-refractivity contribution in [1.29, 1.82) is 0 Å². The Bertz CT molecular complexity index is 1340. The summed E-state index contributed by atoms with van der Waals surface area (Å²) in [6.45, 7) is 7.29. The minimum atomic E-state index is -0.679. The number of aryl methyl sites for hydroxylation is 2. The summed E-state index contributed by atoms with van der Waals surface area (Å²) in [5.41, 5.74) is 2.45. The molecule has 1 amide bonds. The molecule has 10 heteroatoms. The Kier molecular flexibility index (Phi) is 6.74. The lowest BCUT2D eigenvalue weighted by atomic mass is 9.93. The summed E-state index contributed by atoms with van der Waals surface area (Å²) in [4.78, 5) is 15.2. The van der Waals surface area contributed by atoms with Crippen LogP contribution in [-0.4, -0.2) is 27.9 Å². The minimum Gasteiger partial charge on any atom is -0.504 e. The minimum absolute atomic E-state index is 0.0180. The number of hydrogen-bond acceptors (Lipinski definition) is 6. The molecule has 0 radical (unpaired) electrons. The maximum Gasteiger partial charge on any atom is 0.257 e. The molecule has 3 aromatic rings. The van der Waals surface area contributed by atoms with Crippen LogP contribution in [0.15, 0.2) is 58.3 Å². The molecular formula is C25H25FN4O4S. The zero-order chi connectivity index (χ0) is 25.3. The van der Waals surface area contributed by atoms with Gasteiger partial charge in [0, 0.05) is 11.8 Å². The second-order valence-corrected chi connectivity index (χ2v) is 8.47. The highest BCUT2D eigenvalue weighted by atomic mass is 32.1. The Morgan fingerprint density at radius 1 is 1.26 bits per heavy atom. The number of rotatable bonds is 6. The van der Waals surface area contributed by atoms with Crippen LogP contribution in [0, 0.1) is 19.7 Å². The molecule has 1 aliphatic rings. The topological polar surface area (TPSA) is 99.9 Å². The van der Waals surface area contributed by atoms with Crippen molar-refractivity contribution in [2.75, 3.05) is 16.8 Å². The van der Waals surface area contributed by atoms with Gasteiger partial charge in [0.15, 0.2) is 22.4 Å². The van der Waals surface area contributed by atoms with Crippen LogP contribution in [-0.2, 0) is 4.79 Å². The molecule has 0 saturated carbocycles. The fourth-order valence-corrected chi connectivity index (χ4v) is 4.27. The van der Waals surface area contributed by atoms with E-state index in [1.54, 1.807) is 56.0 Å². The van der Waals surface area contributed by atoms with Crippen molar-refractivity contribution in [2.45, 2.75) is 33.7 Å². The molecule has 35 heavy (non-hydrogen) atoms. The van der Waals surface area contributed by atoms with Crippen LogP contribution in [0.1, 0.15) is 36.8 Å². The van der Waals surface area contributed by atoms with Gasteiger partial charge in [-0.15, -0.1) is 0 Å². The summed E-state index contributed by atoms with van der Waals surface area (Å²) in [7, 11) is 0. The molecule has 0 spiro atoms. The Balaban J connectivity index is 1.83. The molecule has 1 aromatic heterocycles. The first-order chi connectivity index (χ1) is 16.7. The molecule has 2 aromatic carbocycles. The van der Waals surface area contributed by atoms with Gasteiger partial charge >= 0.3 is 0 Å². The second kappa shape index (κ2) is 9.75. The molecule has 0 saturated heterocycles. The number of phenolic OH excluding ortho intramolecular Hbond substituents is 1. The van der Waals surface area contributed by atoms with Crippen LogP contribution in [0.3, 0.4) is 0 Å². The fourth-order valence-electron chi connectivity index (χ4n) is 3.91. The third-order valence-electron chi connectivity index (χ3n) is 5.63. The van der Waals surface area contributed by atoms with E-state index in [9.17, 15) is 14.3 Å². The van der Waals surface area contributed by atoms with E-state index in [2.05, 4.69) is 15.8 Å². The molecule has 1 unspecified atom stereocenters. The molecule has 0 aliphatic carbocycles. The van der Waals surface area contributed by atoms with Crippen LogP contribution < -0.4 is 20.3 Å². The number of anilines is 2. The maximum absolute atomic E-state index is 14.4. The average molecular weight is 497 g/mol. The molecule has 3 N–H and O–H groups in total. The van der Waals surface area contributed by atoms with E-state index < -0.39 is 11.9 Å². The number of phenols is 1. The van der Waals surface area contributed by atoms with Crippen LogP contribution >= 0.6 is 12.2 Å². The maximum atomic E-state index is 14.4. The molecule has 1 aliphatic heterocycles. The van der Waals surface area contributed by atoms with E-state index in [0.29, 0.717) is 40.5 Å². The summed E-state index contributed by atoms with van der Waals surface area (Å²) in [5, 5.41) is 20.2. The molecule has 8 nitrogen and oxygen atoms in total. The molecule has 4 rings (SSSR count). The number of amides is 1. The van der Waals surface area contributed by atoms with Crippen molar-refractivity contribution >= 4 is 34.7 Å². The van der Waals surface area contributed by atoms with Crippen molar-refractivity contribution < 1.29 is 23.6 Å². The lowest BCUT2D eigenvalue weighted by molar-refractivity contribution is -0.113. The van der Waals surface area contributed by atoms with Crippen molar-refractivity contribution in [2.24, 2.45) is 0 Å². The molecule has 0 fully saturated rings. The van der Waals surface area contributed by atoms with Crippen LogP contribution in [0.5, 0.6) is 11.5 Å². The van der Waals surface area contributed by atoms with Gasteiger partial charge in [-0.3, -0.25) is 9.69 Å². The van der Waals surface area contributed by atoms with Gasteiger partial charge in [-0.05, 0) is 75.3 Å². The molecule has 0 bridgehead atoms. The van der Waals surface area contributed by atoms with Gasteiger partial charge in [-0.25, -0.2) is 4.39 Å². The largest absolute Gasteiger partial charge is 0.504 e. The van der Waals surface area contributed by atoms with E-state index in [1.807, 2.05) is 6.92 Å². The lowest BCUT2D eigenvalue weighted by Crippen LogP contribution is -2.48. The summed E-state index contributed by atoms with van der Waals surface area (Å²) < 4.78 is 25.0. The van der Waals surface area contributed by atoms with E-state index in [4.69, 9.17) is 21.5 Å². The van der Waals surface area contributed by atoms with Crippen LogP contribution in [0.4, 0.5) is 15.9 Å². The standard InChI is InChI=1S/C25H25FN4O4S/c1-5-33-20-11-16(7-9-19(20)31)23-22(24(32)27-21-10-14(3)34-29-21)15(4)30(25(35)28-23)17-8-6-13(2)18(26)12-17/h6-12,23,31H,5H2,1-4H3,(H,28,35)(H,27,29,32). The van der Waals surface area contributed by atoms with E-state index in [0.717, 1.165) is 0 Å². The number of carbonyl (C=O) groups is 1. The first kappa shape index (κ1) is 24.2. The van der Waals surface area contributed by atoms with Crippen LogP contribution in [0.25, 0.3) is 0 Å². The molecule has 1 atom stereocenters. The van der Waals surface area contributed by atoms with E-state index in [-0.39, 0.29) is 28.2 Å². The monoisotopic (exact) mass is 496 g/mol. The normalized spacial score (nSPS) is 15.7. The summed E-state index contributed by atoms with van der Waals surface area (Å²) >= 11 is 5.64. The third-order valence-corrected chi connectivity index (χ3v) is 5.93. The zero-order valence-electron chi connectivity index (χ0n) is 19.7. The van der Waals surface area contributed by atoms with Crippen molar-refractivity contribution in [1.82, 2.24) is 10.5 Å². The van der Waals surface area contributed by atoms with Crippen LogP contribution in [0.2, 0.25) is 0 Å². The lowest BCUT2D eigenvalue weighted by Gasteiger charge is -2.38. The quantitative estimate of drug-likeness (QED) is 0.415. The first-order valence-electron chi connectivity index (χ1n) is 11.0. The Labute approximate surface area is 207 Å². The molecular weight excluding hydrogens is 471 g/mol. The number of allylic oxidation sites excluding steroid dienone is 1. The van der Waals surface area contributed by atoms with Gasteiger partial charge in [0.1, 0.15) is 11.6 Å². The first-order valence-corrected chi connectivity index (χ1v) is 11.4. The zero-order valence-corrected chi connectivity index (χ0v) is 20.5. The van der Waals surface area contributed by atoms with Crippen molar-refractivity contribution in [3.05, 3.63) is 76.4 Å². The number of halogens is 1. The highest BCUT2D eigenvalue weighted by Crippen LogP contribution is 2.37. The average Bonchev–Trinajstić information content (AvgIpc) is 3.21. The SMILES string of the molecule is CCOc1cc(C2NC(=S)N(c3ccc(C)c(F)c3)C(C)=C2C(=O)Nc2cc(C)on2)ccc1O. The predicted molar refractivity (Wildman–Crippen MR) is 134 cm³/mol. The van der Waals surface area contributed by atoms with Gasteiger partial charge < -0.3 is 25.0 Å². The number of nitrogens with zero attached hydrogens (tertiary/aromatic N) is 2. The smallest absolute Gasteiger partial charge is 0.257 e. The molecule has 182 valence electrons. The van der Waals surface area contributed by atoms with Gasteiger partial charge in [-0.2, -0.15) is 0 Å². The number of aromatic hydroxyl groups is 1. The summed E-state index contributed by atoms with van der Waals surface area (Å²) in [6, 6.07) is 10.5. The highest BCUT2D eigenvalue weighted by molar-refractivity contribution is 7.80. The van der Waals surface area contributed by atoms with Crippen molar-refractivity contribution in [3.63, 3.8) is 0 Å². The summed E-state index contributed by atoms with van der Waals surface area (Å²) in [5.74, 6) is 0.236. The number of aromatic nitrogens is 1. The Morgan fingerprint density at radius 2 is 2.03 bits per heavy atom. The van der Waals surface area contributed by atoms with Gasteiger partial charge in [0.25, 0.3) is 5.91 Å². The van der Waals surface area contributed by atoms with Crippen molar-refractivity contribution in [3.8, 4) is 11.5 Å². The predicted octanol–water partition coefficient (Wildman–Crippen LogP) is 4.88. The van der Waals surface area contributed by atoms with E-state index >= 15 is 0 Å². The third kappa shape index (κ3) is 4.83. The van der Waals surface area contributed by atoms with Gasteiger partial charge in [0.05, 0.1) is 23.9 Å². The van der Waals surface area contributed by atoms with E-state index in [1.165, 1.54) is 12.1 Å². The van der Waals surface area contributed by atoms with Gasteiger partial charge in [0.2, 0.25) is 0 Å². The van der Waals surface area contributed by atoms with Gasteiger partial charge in [-0.1, -0.05) is 17.3 Å². The summed E-state index contributed by atoms with van der Waals surface area (Å²) in [6.07, 6.45) is 0. The Morgan fingerprint density at radius 3 is 2.69 bits per heavy atom. The number of carbonyl (C=O) groups excluding carboxylic acids is 1. The number of ether oxygens (including phenoxy) is 1. The number of thiocarbonyl (C=S) groups is 1. The second-order valence-electron chi connectivity index (χ2n) is 8.09. The number of nitrogens with one attached hydrogen (secondary N) is 2. The Hall–Kier alpha value is -3.92.